The van der Waals surface area contributed by atoms with E-state index in [0.29, 0.717) is 39.6 Å². The van der Waals surface area contributed by atoms with Crippen LogP contribution in [0.5, 0.6) is 0 Å². The molecule has 0 saturated carbocycles. The van der Waals surface area contributed by atoms with Gasteiger partial charge in [0, 0.05) is 51.7 Å². The van der Waals surface area contributed by atoms with E-state index in [2.05, 4.69) is 15.8 Å². The van der Waals surface area contributed by atoms with Crippen LogP contribution in [0.1, 0.15) is 54.4 Å². The highest BCUT2D eigenvalue weighted by molar-refractivity contribution is 6.61. The summed E-state index contributed by atoms with van der Waals surface area (Å²) in [6.45, 7) is 19.9. The van der Waals surface area contributed by atoms with Gasteiger partial charge < -0.3 is 26.6 Å². The van der Waals surface area contributed by atoms with Gasteiger partial charge in [0.05, 0.1) is 13.1 Å². The Balaban J connectivity index is 2.49. The molecular formula is C21H47N2O6Si2+. The standard InChI is InChI=1S/C21H47N2O6Si2/c1-7-24-30(25-8-2,26-9-3)19-13-15-22-17-18-23(21-22)16-14-20-31(27-10-4,28-11-5)29-12-6/h21H,7-20H2,1-6H3/q+1. The molecule has 1 rings (SSSR count). The van der Waals surface area contributed by atoms with Crippen molar-refractivity contribution in [3.8, 4) is 0 Å². The topological polar surface area (TPSA) is 61.6 Å². The van der Waals surface area contributed by atoms with Gasteiger partial charge in [-0.3, -0.25) is 9.48 Å². The van der Waals surface area contributed by atoms with Crippen molar-refractivity contribution in [3.05, 3.63) is 0 Å². The minimum absolute atomic E-state index is 0.631. The molecule has 1 aliphatic heterocycles. The van der Waals surface area contributed by atoms with E-state index >= 15 is 0 Å². The summed E-state index contributed by atoms with van der Waals surface area (Å²) in [6, 6.07) is 1.72. The first-order valence-corrected chi connectivity index (χ1v) is 16.1. The third-order valence-electron chi connectivity index (χ3n) is 5.04. The summed E-state index contributed by atoms with van der Waals surface area (Å²) < 4.78 is 38.2. The molecule has 8 nitrogen and oxygen atoms in total. The lowest BCUT2D eigenvalue weighted by molar-refractivity contribution is -0.513. The molecule has 184 valence electrons. The zero-order valence-corrected chi connectivity index (χ0v) is 22.8. The molecule has 31 heavy (non-hydrogen) atoms. The highest BCUT2D eigenvalue weighted by Gasteiger charge is 2.41. The fraction of sp³-hybridized carbons (Fsp3) is 0.952. The zero-order chi connectivity index (χ0) is 23.0. The molecule has 0 aromatic rings. The Morgan fingerprint density at radius 2 is 1.10 bits per heavy atom. The Hall–Kier alpha value is -0.336. The molecule has 0 aromatic heterocycles. The van der Waals surface area contributed by atoms with Crippen LogP contribution in [0.25, 0.3) is 0 Å². The van der Waals surface area contributed by atoms with Gasteiger partial charge in [-0.1, -0.05) is 0 Å². The molecule has 0 unspecified atom stereocenters. The molecule has 0 atom stereocenters. The predicted octanol–water partition coefficient (Wildman–Crippen LogP) is 3.22. The van der Waals surface area contributed by atoms with Gasteiger partial charge in [0.2, 0.25) is 6.34 Å². The second-order valence-electron chi connectivity index (χ2n) is 7.36. The third-order valence-corrected chi connectivity index (χ3v) is 11.3. The van der Waals surface area contributed by atoms with Gasteiger partial charge in [-0.2, -0.15) is 0 Å². The first-order chi connectivity index (χ1) is 15.0. The average Bonchev–Trinajstić information content (AvgIpc) is 3.17. The summed E-state index contributed by atoms with van der Waals surface area (Å²) in [6.07, 6.45) is 4.27. The lowest BCUT2D eigenvalue weighted by Crippen LogP contribution is -2.46. The third kappa shape index (κ3) is 10.4. The number of rotatable bonds is 20. The fourth-order valence-electron chi connectivity index (χ4n) is 3.94. The summed E-state index contributed by atoms with van der Waals surface area (Å²) in [5.74, 6) is 0. The Labute approximate surface area is 192 Å². The Kier molecular flexibility index (Phi) is 15.1. The van der Waals surface area contributed by atoms with Crippen LogP contribution in [0.3, 0.4) is 0 Å². The molecule has 0 aromatic carbocycles. The maximum atomic E-state index is 5.96. The first kappa shape index (κ1) is 28.7. The van der Waals surface area contributed by atoms with Crippen molar-refractivity contribution in [1.29, 1.82) is 0 Å². The predicted molar refractivity (Wildman–Crippen MR) is 128 cm³/mol. The summed E-state index contributed by atoms with van der Waals surface area (Å²) in [4.78, 5) is 2.39. The van der Waals surface area contributed by atoms with Crippen molar-refractivity contribution < 1.29 is 31.1 Å². The normalized spacial score (nSPS) is 15.0. The van der Waals surface area contributed by atoms with E-state index in [1.165, 1.54) is 0 Å². The van der Waals surface area contributed by atoms with Crippen molar-refractivity contribution in [2.45, 2.75) is 66.5 Å². The molecule has 0 N–H and O–H groups in total. The summed E-state index contributed by atoms with van der Waals surface area (Å²) in [5, 5.41) is 0. The van der Waals surface area contributed by atoms with Crippen LogP contribution < -0.4 is 0 Å². The minimum Gasteiger partial charge on any atom is -0.374 e. The largest absolute Gasteiger partial charge is 0.501 e. The highest BCUT2D eigenvalue weighted by Crippen LogP contribution is 2.20. The van der Waals surface area contributed by atoms with E-state index in [4.69, 9.17) is 26.6 Å². The molecule has 0 aliphatic carbocycles. The van der Waals surface area contributed by atoms with E-state index in [0.717, 1.165) is 51.1 Å². The zero-order valence-electron chi connectivity index (χ0n) is 20.8. The molecule has 10 heteroatoms. The van der Waals surface area contributed by atoms with Gasteiger partial charge in [0.1, 0.15) is 13.1 Å². The number of hydrogen-bond acceptors (Lipinski definition) is 7. The second-order valence-corrected chi connectivity index (χ2v) is 12.8. The Morgan fingerprint density at radius 1 is 0.677 bits per heavy atom. The van der Waals surface area contributed by atoms with Gasteiger partial charge >= 0.3 is 17.6 Å². The quantitative estimate of drug-likeness (QED) is 0.196. The van der Waals surface area contributed by atoms with E-state index in [9.17, 15) is 0 Å². The van der Waals surface area contributed by atoms with Gasteiger partial charge in [-0.15, -0.1) is 0 Å². The lowest BCUT2D eigenvalue weighted by atomic mass is 10.4. The minimum atomic E-state index is -2.54. The lowest BCUT2D eigenvalue weighted by Gasteiger charge is -2.28. The maximum Gasteiger partial charge on any atom is 0.501 e. The van der Waals surface area contributed by atoms with Gasteiger partial charge in [-0.25, -0.2) is 0 Å². The van der Waals surface area contributed by atoms with Crippen molar-refractivity contribution in [2.24, 2.45) is 0 Å². The number of nitrogens with zero attached hydrogens (tertiary/aromatic N) is 2. The molecule has 0 radical (unpaired) electrons. The fourth-order valence-corrected chi connectivity index (χ4v) is 9.13. The Bertz CT molecular complexity index is 464. The molecule has 0 bridgehead atoms. The van der Waals surface area contributed by atoms with E-state index in [1.807, 2.05) is 41.5 Å². The smallest absolute Gasteiger partial charge is 0.374 e. The Morgan fingerprint density at radius 3 is 1.52 bits per heavy atom. The van der Waals surface area contributed by atoms with Crippen LogP contribution in [-0.4, -0.2) is 99.2 Å². The monoisotopic (exact) mass is 479 g/mol. The molecule has 1 aliphatic rings. The average molecular weight is 480 g/mol. The van der Waals surface area contributed by atoms with E-state index < -0.39 is 17.6 Å². The molecule has 0 spiro atoms. The molecular weight excluding hydrogens is 432 g/mol. The highest BCUT2D eigenvalue weighted by atomic mass is 28.4. The molecule has 1 heterocycles. The van der Waals surface area contributed by atoms with Crippen LogP contribution in [-0.2, 0) is 26.6 Å². The summed E-state index contributed by atoms with van der Waals surface area (Å²) in [7, 11) is -5.08. The molecule has 0 amide bonds. The van der Waals surface area contributed by atoms with Crippen LogP contribution >= 0.6 is 0 Å². The van der Waals surface area contributed by atoms with Crippen molar-refractivity contribution in [3.63, 3.8) is 0 Å². The van der Waals surface area contributed by atoms with Crippen molar-refractivity contribution in [1.82, 2.24) is 4.90 Å². The molecule has 0 fully saturated rings. The van der Waals surface area contributed by atoms with Crippen molar-refractivity contribution >= 4 is 23.9 Å². The van der Waals surface area contributed by atoms with E-state index in [1.54, 1.807) is 0 Å². The second kappa shape index (κ2) is 16.3. The van der Waals surface area contributed by atoms with Gasteiger partial charge in [-0.05, 0) is 54.4 Å². The SMILES string of the molecule is CCO[Si](CCCN1C=[N+](CCC[Si](OCC)(OCC)OCC)CC1)(OCC)OCC. The summed E-state index contributed by atoms with van der Waals surface area (Å²) >= 11 is 0. The van der Waals surface area contributed by atoms with Crippen LogP contribution in [0.4, 0.5) is 0 Å². The van der Waals surface area contributed by atoms with Crippen LogP contribution in [0, 0.1) is 0 Å². The van der Waals surface area contributed by atoms with E-state index in [-0.39, 0.29) is 0 Å². The maximum absolute atomic E-state index is 5.96. The molecule has 0 saturated heterocycles. The van der Waals surface area contributed by atoms with Crippen LogP contribution in [0.2, 0.25) is 12.1 Å². The van der Waals surface area contributed by atoms with Gasteiger partial charge in [0.15, 0.2) is 0 Å². The van der Waals surface area contributed by atoms with Crippen molar-refractivity contribution in [2.75, 3.05) is 65.8 Å². The summed E-state index contributed by atoms with van der Waals surface area (Å²) in [5.41, 5.74) is 0. The first-order valence-electron chi connectivity index (χ1n) is 12.2. The number of hydrogen-bond donors (Lipinski definition) is 0. The van der Waals surface area contributed by atoms with Gasteiger partial charge in [0.25, 0.3) is 0 Å². The van der Waals surface area contributed by atoms with Crippen LogP contribution in [0.15, 0.2) is 0 Å².